The van der Waals surface area contributed by atoms with Crippen LogP contribution in [0.25, 0.3) is 0 Å². The lowest BCUT2D eigenvalue weighted by Gasteiger charge is -1.93. The Kier molecular flexibility index (Phi) is 5.97. The van der Waals surface area contributed by atoms with Gasteiger partial charge in [-0.3, -0.25) is 4.79 Å². The Morgan fingerprint density at radius 2 is 2.20 bits per heavy atom. The zero-order valence-corrected chi connectivity index (χ0v) is 7.34. The van der Waals surface area contributed by atoms with Crippen molar-refractivity contribution in [2.75, 3.05) is 11.5 Å². The fourth-order valence-electron chi connectivity index (χ4n) is 0.267. The highest BCUT2D eigenvalue weighted by molar-refractivity contribution is 8.00. The van der Waals surface area contributed by atoms with E-state index in [4.69, 9.17) is 28.3 Å². The molecule has 0 aliphatic carbocycles. The van der Waals surface area contributed by atoms with Crippen LogP contribution in [0.2, 0.25) is 0 Å². The highest BCUT2D eigenvalue weighted by Crippen LogP contribution is 2.11. The van der Waals surface area contributed by atoms with Crippen LogP contribution in [0, 0.1) is 0 Å². The topological polar surface area (TPSA) is 37.3 Å². The molecule has 0 aromatic carbocycles. The van der Waals surface area contributed by atoms with Gasteiger partial charge in [0.05, 0.1) is 5.75 Å². The van der Waals surface area contributed by atoms with Crippen LogP contribution >= 0.6 is 35.0 Å². The van der Waals surface area contributed by atoms with Crippen molar-refractivity contribution in [3.8, 4) is 0 Å². The van der Waals surface area contributed by atoms with Crippen molar-refractivity contribution in [2.45, 2.75) is 0 Å². The minimum absolute atomic E-state index is 0.0565. The van der Waals surface area contributed by atoms with Gasteiger partial charge in [0.25, 0.3) is 0 Å². The van der Waals surface area contributed by atoms with Gasteiger partial charge >= 0.3 is 5.97 Å². The van der Waals surface area contributed by atoms with E-state index in [-0.39, 0.29) is 5.75 Å². The largest absolute Gasteiger partial charge is 0.481 e. The van der Waals surface area contributed by atoms with Crippen LogP contribution < -0.4 is 0 Å². The molecule has 2 nitrogen and oxygen atoms in total. The summed E-state index contributed by atoms with van der Waals surface area (Å²) in [7, 11) is 0. The minimum Gasteiger partial charge on any atom is -0.481 e. The maximum absolute atomic E-state index is 9.95. The Morgan fingerprint density at radius 3 is 2.60 bits per heavy atom. The molecule has 0 bridgehead atoms. The Morgan fingerprint density at radius 1 is 1.60 bits per heavy atom. The van der Waals surface area contributed by atoms with E-state index in [2.05, 4.69) is 0 Å². The molecule has 0 atom stereocenters. The van der Waals surface area contributed by atoms with Gasteiger partial charge in [0.1, 0.15) is 0 Å². The summed E-state index contributed by atoms with van der Waals surface area (Å²) in [5.41, 5.74) is 1.23. The molecule has 1 N–H and O–H groups in total. The average Bonchev–Trinajstić information content (AvgIpc) is 1.87. The van der Waals surface area contributed by atoms with Crippen LogP contribution in [0.1, 0.15) is 0 Å². The van der Waals surface area contributed by atoms with Gasteiger partial charge in [-0.05, 0) is 0 Å². The van der Waals surface area contributed by atoms with Crippen molar-refractivity contribution in [3.05, 3.63) is 10.6 Å². The molecular weight excluding hydrogens is 195 g/mol. The van der Waals surface area contributed by atoms with Gasteiger partial charge in [-0.1, -0.05) is 23.2 Å². The second-order valence-corrected chi connectivity index (χ2v) is 3.13. The van der Waals surface area contributed by atoms with E-state index in [1.165, 1.54) is 17.3 Å². The first-order valence-corrected chi connectivity index (χ1v) is 4.38. The molecule has 0 aliphatic heterocycles. The standard InChI is InChI=1S/C5H6Cl2O2S/c6-1-4(7)2-10-3-5(8)9/h1H,2-3H2,(H,8,9)/b4-1-. The Labute approximate surface area is 73.2 Å². The summed E-state index contributed by atoms with van der Waals surface area (Å²) in [6, 6.07) is 0. The molecule has 0 amide bonds. The lowest BCUT2D eigenvalue weighted by molar-refractivity contribution is -0.133. The minimum atomic E-state index is -0.843. The van der Waals surface area contributed by atoms with Crippen LogP contribution in [-0.2, 0) is 4.79 Å². The molecule has 58 valence electrons. The molecular formula is C5H6Cl2O2S. The quantitative estimate of drug-likeness (QED) is 0.756. The number of aliphatic carboxylic acids is 1. The van der Waals surface area contributed by atoms with Crippen LogP contribution in [-0.4, -0.2) is 22.6 Å². The molecule has 0 unspecified atom stereocenters. The molecule has 0 radical (unpaired) electrons. The molecule has 0 saturated heterocycles. The highest BCUT2D eigenvalue weighted by Gasteiger charge is 1.97. The number of halogens is 2. The van der Waals surface area contributed by atoms with Gasteiger partial charge in [-0.25, -0.2) is 0 Å². The molecule has 0 aromatic heterocycles. The van der Waals surface area contributed by atoms with E-state index in [1.807, 2.05) is 0 Å². The van der Waals surface area contributed by atoms with Crippen LogP contribution in [0.3, 0.4) is 0 Å². The number of hydrogen-bond donors (Lipinski definition) is 1. The maximum Gasteiger partial charge on any atom is 0.313 e. The molecule has 0 aliphatic rings. The third-order valence-corrected chi connectivity index (χ3v) is 2.33. The Balaban J connectivity index is 3.29. The number of carboxylic acid groups (broad SMARTS) is 1. The number of rotatable bonds is 4. The molecule has 0 spiro atoms. The van der Waals surface area contributed by atoms with Crippen LogP contribution in [0.5, 0.6) is 0 Å². The molecule has 0 saturated carbocycles. The number of carboxylic acids is 1. The maximum atomic E-state index is 9.95. The van der Waals surface area contributed by atoms with E-state index in [0.717, 1.165) is 0 Å². The van der Waals surface area contributed by atoms with Crippen LogP contribution in [0.4, 0.5) is 0 Å². The highest BCUT2D eigenvalue weighted by atomic mass is 35.5. The summed E-state index contributed by atoms with van der Waals surface area (Å²) in [6.45, 7) is 0. The zero-order valence-electron chi connectivity index (χ0n) is 5.01. The van der Waals surface area contributed by atoms with Gasteiger partial charge in [-0.2, -0.15) is 0 Å². The summed E-state index contributed by atoms with van der Waals surface area (Å²) >= 11 is 11.9. The van der Waals surface area contributed by atoms with E-state index in [9.17, 15) is 4.79 Å². The lowest BCUT2D eigenvalue weighted by atomic mass is 10.7. The van der Waals surface area contributed by atoms with E-state index in [0.29, 0.717) is 10.8 Å². The summed E-state index contributed by atoms with van der Waals surface area (Å²) in [6.07, 6.45) is 0. The third kappa shape index (κ3) is 6.26. The number of thioether (sulfide) groups is 1. The molecule has 5 heteroatoms. The third-order valence-electron chi connectivity index (χ3n) is 0.584. The smallest absolute Gasteiger partial charge is 0.313 e. The monoisotopic (exact) mass is 200 g/mol. The predicted octanol–water partition coefficient (Wildman–Crippen LogP) is 2.12. The van der Waals surface area contributed by atoms with Crippen molar-refractivity contribution in [2.24, 2.45) is 0 Å². The van der Waals surface area contributed by atoms with Gasteiger partial charge in [-0.15, -0.1) is 11.8 Å². The number of carbonyl (C=O) groups is 1. The number of hydrogen-bond acceptors (Lipinski definition) is 2. The van der Waals surface area contributed by atoms with Gasteiger partial charge in [0, 0.05) is 16.3 Å². The zero-order chi connectivity index (χ0) is 7.98. The van der Waals surface area contributed by atoms with E-state index >= 15 is 0 Å². The van der Waals surface area contributed by atoms with Gasteiger partial charge < -0.3 is 5.11 Å². The van der Waals surface area contributed by atoms with E-state index < -0.39 is 5.97 Å². The Hall–Kier alpha value is 0.140. The van der Waals surface area contributed by atoms with Crippen molar-refractivity contribution < 1.29 is 9.90 Å². The first kappa shape index (κ1) is 10.1. The van der Waals surface area contributed by atoms with Crippen molar-refractivity contribution in [1.29, 1.82) is 0 Å². The Bertz CT molecular complexity index is 147. The molecule has 0 aromatic rings. The van der Waals surface area contributed by atoms with Gasteiger partial charge in [0.15, 0.2) is 0 Å². The molecule has 0 rings (SSSR count). The van der Waals surface area contributed by atoms with Crippen molar-refractivity contribution in [3.63, 3.8) is 0 Å². The SMILES string of the molecule is O=C(O)CSC/C(Cl)=C/Cl. The average molecular weight is 201 g/mol. The van der Waals surface area contributed by atoms with Crippen LogP contribution in [0.15, 0.2) is 10.6 Å². The molecule has 0 fully saturated rings. The normalized spacial score (nSPS) is 11.6. The fraction of sp³-hybridized carbons (Fsp3) is 0.400. The van der Waals surface area contributed by atoms with Gasteiger partial charge in [0.2, 0.25) is 0 Å². The summed E-state index contributed by atoms with van der Waals surface area (Å²) in [5.74, 6) is -0.331. The lowest BCUT2D eigenvalue weighted by Crippen LogP contribution is -1.98. The second-order valence-electron chi connectivity index (χ2n) is 1.44. The van der Waals surface area contributed by atoms with Crippen molar-refractivity contribution in [1.82, 2.24) is 0 Å². The predicted molar refractivity (Wildman–Crippen MR) is 44.7 cm³/mol. The second kappa shape index (κ2) is 5.89. The molecule has 10 heavy (non-hydrogen) atoms. The first-order valence-electron chi connectivity index (χ1n) is 2.41. The summed E-state index contributed by atoms with van der Waals surface area (Å²) < 4.78 is 0. The first-order chi connectivity index (χ1) is 4.66. The fourth-order valence-corrected chi connectivity index (χ4v) is 1.22. The van der Waals surface area contributed by atoms with Crippen molar-refractivity contribution >= 4 is 40.9 Å². The van der Waals surface area contributed by atoms with E-state index in [1.54, 1.807) is 0 Å². The summed E-state index contributed by atoms with van der Waals surface area (Å²) in [4.78, 5) is 9.95. The summed E-state index contributed by atoms with van der Waals surface area (Å²) in [5, 5.41) is 8.65. The molecule has 0 heterocycles.